The Kier molecular flexibility index (Phi) is 4.04. The summed E-state index contributed by atoms with van der Waals surface area (Å²) in [7, 11) is 0. The standard InChI is InChI=1S/C14H20F2N2/c1-9-2-4-10(5-3-9)8-18-14-12(15)6-11(17)7-13(14)16/h6-7,9-10,18H,2-5,8,17H2,1H3. The first-order valence-corrected chi connectivity index (χ1v) is 6.54. The summed E-state index contributed by atoms with van der Waals surface area (Å²) < 4.78 is 27.1. The summed E-state index contributed by atoms with van der Waals surface area (Å²) in [5.74, 6) is 0.0668. The van der Waals surface area contributed by atoms with Crippen LogP contribution in [-0.4, -0.2) is 6.54 Å². The third-order valence-electron chi connectivity index (χ3n) is 3.77. The van der Waals surface area contributed by atoms with Crippen LogP contribution in [0.1, 0.15) is 32.6 Å². The van der Waals surface area contributed by atoms with Crippen LogP contribution in [0.3, 0.4) is 0 Å². The van der Waals surface area contributed by atoms with E-state index >= 15 is 0 Å². The molecule has 3 N–H and O–H groups in total. The summed E-state index contributed by atoms with van der Waals surface area (Å²) in [6.07, 6.45) is 4.68. The lowest BCUT2D eigenvalue weighted by Gasteiger charge is -2.26. The molecule has 0 aromatic heterocycles. The Labute approximate surface area is 107 Å². The van der Waals surface area contributed by atoms with Gasteiger partial charge in [-0.05, 0) is 36.8 Å². The Hall–Kier alpha value is -1.32. The van der Waals surface area contributed by atoms with Crippen LogP contribution < -0.4 is 11.1 Å². The van der Waals surface area contributed by atoms with E-state index in [0.717, 1.165) is 30.9 Å². The number of hydrogen-bond acceptors (Lipinski definition) is 2. The molecule has 2 nitrogen and oxygen atoms in total. The van der Waals surface area contributed by atoms with Crippen molar-refractivity contribution >= 4 is 11.4 Å². The molecule has 4 heteroatoms. The largest absolute Gasteiger partial charge is 0.399 e. The van der Waals surface area contributed by atoms with Crippen LogP contribution in [0.25, 0.3) is 0 Å². The molecule has 100 valence electrons. The van der Waals surface area contributed by atoms with E-state index in [2.05, 4.69) is 12.2 Å². The first-order valence-electron chi connectivity index (χ1n) is 6.54. The van der Waals surface area contributed by atoms with E-state index in [-0.39, 0.29) is 11.4 Å². The molecule has 0 saturated heterocycles. The van der Waals surface area contributed by atoms with E-state index < -0.39 is 11.6 Å². The third kappa shape index (κ3) is 3.12. The van der Waals surface area contributed by atoms with Gasteiger partial charge in [-0.25, -0.2) is 8.78 Å². The monoisotopic (exact) mass is 254 g/mol. The lowest BCUT2D eigenvalue weighted by molar-refractivity contribution is 0.300. The van der Waals surface area contributed by atoms with Gasteiger partial charge in [-0.2, -0.15) is 0 Å². The Bertz CT molecular complexity index is 389. The van der Waals surface area contributed by atoms with Crippen molar-refractivity contribution in [3.63, 3.8) is 0 Å². The van der Waals surface area contributed by atoms with E-state index in [4.69, 9.17) is 5.73 Å². The maximum atomic E-state index is 13.5. The van der Waals surface area contributed by atoms with Gasteiger partial charge < -0.3 is 11.1 Å². The predicted octanol–water partition coefficient (Wildman–Crippen LogP) is 3.79. The van der Waals surface area contributed by atoms with Crippen LogP contribution in [0.4, 0.5) is 20.2 Å². The van der Waals surface area contributed by atoms with Gasteiger partial charge in [0.25, 0.3) is 0 Å². The molecule has 1 aliphatic rings. The molecule has 0 unspecified atom stereocenters. The maximum Gasteiger partial charge on any atom is 0.151 e. The molecule has 1 aromatic carbocycles. The smallest absolute Gasteiger partial charge is 0.151 e. The van der Waals surface area contributed by atoms with Crippen molar-refractivity contribution in [1.82, 2.24) is 0 Å². The van der Waals surface area contributed by atoms with Crippen LogP contribution in [0.15, 0.2) is 12.1 Å². The fraction of sp³-hybridized carbons (Fsp3) is 0.571. The Morgan fingerprint density at radius 1 is 1.17 bits per heavy atom. The maximum absolute atomic E-state index is 13.5. The van der Waals surface area contributed by atoms with Crippen molar-refractivity contribution in [1.29, 1.82) is 0 Å². The zero-order chi connectivity index (χ0) is 13.1. The first kappa shape index (κ1) is 13.1. The van der Waals surface area contributed by atoms with Gasteiger partial charge >= 0.3 is 0 Å². The van der Waals surface area contributed by atoms with Gasteiger partial charge in [0.2, 0.25) is 0 Å². The predicted molar refractivity (Wildman–Crippen MR) is 70.4 cm³/mol. The highest BCUT2D eigenvalue weighted by Gasteiger charge is 2.19. The minimum atomic E-state index is -0.614. The highest BCUT2D eigenvalue weighted by atomic mass is 19.1. The fourth-order valence-corrected chi connectivity index (χ4v) is 2.54. The SMILES string of the molecule is CC1CCC(CNc2c(F)cc(N)cc2F)CC1. The van der Waals surface area contributed by atoms with Crippen LogP contribution in [0.5, 0.6) is 0 Å². The molecule has 2 rings (SSSR count). The second kappa shape index (κ2) is 5.55. The van der Waals surface area contributed by atoms with E-state index in [1.54, 1.807) is 0 Å². The van der Waals surface area contributed by atoms with Gasteiger partial charge in [-0.3, -0.25) is 0 Å². The molecular formula is C14H20F2N2. The number of nitrogens with two attached hydrogens (primary N) is 1. The van der Waals surface area contributed by atoms with Crippen molar-refractivity contribution < 1.29 is 8.78 Å². The highest BCUT2D eigenvalue weighted by molar-refractivity contribution is 5.54. The number of benzene rings is 1. The third-order valence-corrected chi connectivity index (χ3v) is 3.77. The Morgan fingerprint density at radius 2 is 1.72 bits per heavy atom. The van der Waals surface area contributed by atoms with Gasteiger partial charge in [0, 0.05) is 12.2 Å². The molecular weight excluding hydrogens is 234 g/mol. The molecule has 0 heterocycles. The van der Waals surface area contributed by atoms with Gasteiger partial charge in [-0.15, -0.1) is 0 Å². The summed E-state index contributed by atoms with van der Waals surface area (Å²) in [5.41, 5.74) is 5.43. The second-order valence-corrected chi connectivity index (χ2v) is 5.37. The molecule has 1 fully saturated rings. The lowest BCUT2D eigenvalue weighted by atomic mass is 9.83. The molecule has 1 aromatic rings. The zero-order valence-corrected chi connectivity index (χ0v) is 10.7. The van der Waals surface area contributed by atoms with Gasteiger partial charge in [-0.1, -0.05) is 19.8 Å². The number of halogens is 2. The summed E-state index contributed by atoms with van der Waals surface area (Å²) in [4.78, 5) is 0. The fourth-order valence-electron chi connectivity index (χ4n) is 2.54. The van der Waals surface area contributed by atoms with Gasteiger partial charge in [0.15, 0.2) is 11.6 Å². The molecule has 0 spiro atoms. The average Bonchev–Trinajstić information content (AvgIpc) is 2.30. The zero-order valence-electron chi connectivity index (χ0n) is 10.7. The van der Waals surface area contributed by atoms with Crippen LogP contribution >= 0.6 is 0 Å². The Morgan fingerprint density at radius 3 is 2.28 bits per heavy atom. The number of nitrogens with one attached hydrogen (secondary N) is 1. The molecule has 1 saturated carbocycles. The topological polar surface area (TPSA) is 38.0 Å². The number of anilines is 2. The summed E-state index contributed by atoms with van der Waals surface area (Å²) in [5, 5.41) is 2.89. The molecule has 0 bridgehead atoms. The van der Waals surface area contributed by atoms with E-state index in [9.17, 15) is 8.78 Å². The van der Waals surface area contributed by atoms with Gasteiger partial charge in [0.1, 0.15) is 5.69 Å². The molecule has 18 heavy (non-hydrogen) atoms. The summed E-state index contributed by atoms with van der Waals surface area (Å²) in [6.45, 7) is 2.88. The number of nitrogen functional groups attached to an aromatic ring is 1. The normalized spacial score (nSPS) is 23.9. The Balaban J connectivity index is 1.94. The quantitative estimate of drug-likeness (QED) is 0.805. The molecule has 0 radical (unpaired) electrons. The molecule has 0 amide bonds. The van der Waals surface area contributed by atoms with E-state index in [1.807, 2.05) is 0 Å². The molecule has 1 aliphatic carbocycles. The number of hydrogen-bond donors (Lipinski definition) is 2. The van der Waals surface area contributed by atoms with Crippen LogP contribution in [0.2, 0.25) is 0 Å². The van der Waals surface area contributed by atoms with Crippen LogP contribution in [-0.2, 0) is 0 Å². The van der Waals surface area contributed by atoms with Crippen molar-refractivity contribution in [2.45, 2.75) is 32.6 Å². The van der Waals surface area contributed by atoms with Crippen LogP contribution in [0, 0.1) is 23.5 Å². The summed E-state index contributed by atoms with van der Waals surface area (Å²) >= 11 is 0. The van der Waals surface area contributed by atoms with Gasteiger partial charge in [0.05, 0.1) is 0 Å². The van der Waals surface area contributed by atoms with E-state index in [0.29, 0.717) is 12.5 Å². The van der Waals surface area contributed by atoms with Crippen molar-refractivity contribution in [3.05, 3.63) is 23.8 Å². The lowest BCUT2D eigenvalue weighted by Crippen LogP contribution is -2.21. The van der Waals surface area contributed by atoms with Crippen molar-refractivity contribution in [3.8, 4) is 0 Å². The van der Waals surface area contributed by atoms with Crippen molar-refractivity contribution in [2.75, 3.05) is 17.6 Å². The minimum absolute atomic E-state index is 0.0529. The minimum Gasteiger partial charge on any atom is -0.399 e. The average molecular weight is 254 g/mol. The summed E-state index contributed by atoms with van der Waals surface area (Å²) in [6, 6.07) is 2.29. The highest BCUT2D eigenvalue weighted by Crippen LogP contribution is 2.29. The van der Waals surface area contributed by atoms with Crippen molar-refractivity contribution in [2.24, 2.45) is 11.8 Å². The number of rotatable bonds is 3. The van der Waals surface area contributed by atoms with E-state index in [1.165, 1.54) is 12.8 Å². The first-order chi connectivity index (χ1) is 8.56. The second-order valence-electron chi connectivity index (χ2n) is 5.37. The molecule has 0 aliphatic heterocycles. The molecule has 0 atom stereocenters.